The first-order chi connectivity index (χ1) is 8.28. The second kappa shape index (κ2) is 6.07. The Morgan fingerprint density at radius 3 is 2.71 bits per heavy atom. The fourth-order valence-corrected chi connectivity index (χ4v) is 2.50. The number of aromatic nitrogens is 1. The number of benzene rings is 1. The lowest BCUT2D eigenvalue weighted by Gasteiger charge is -2.04. The van der Waals surface area contributed by atoms with E-state index in [2.05, 4.69) is 56.6 Å². The molecule has 0 amide bonds. The Morgan fingerprint density at radius 1 is 1.24 bits per heavy atom. The molecule has 17 heavy (non-hydrogen) atoms. The van der Waals surface area contributed by atoms with Gasteiger partial charge in [-0.2, -0.15) is 0 Å². The van der Waals surface area contributed by atoms with Crippen LogP contribution in [0.4, 0.5) is 5.82 Å². The van der Waals surface area contributed by atoms with Crippen molar-refractivity contribution in [2.45, 2.75) is 10.6 Å². The van der Waals surface area contributed by atoms with Gasteiger partial charge < -0.3 is 5.32 Å². The zero-order valence-corrected chi connectivity index (χ0v) is 11.9. The standard InChI is InChI=1S/C13H13BrN2S/c1-15-13-8-10(6-7-16-13)9-17-12-4-2-11(14)3-5-12/h2-8H,9H2,1H3,(H,15,16). The molecule has 2 aromatic rings. The number of hydrogen-bond acceptors (Lipinski definition) is 3. The van der Waals surface area contributed by atoms with E-state index in [-0.39, 0.29) is 0 Å². The van der Waals surface area contributed by atoms with E-state index in [1.165, 1.54) is 10.5 Å². The Balaban J connectivity index is 1.99. The third-order valence-corrected chi connectivity index (χ3v) is 3.91. The molecule has 1 aromatic heterocycles. The number of halogens is 1. The Bertz CT molecular complexity index is 485. The predicted octanol–water partition coefficient (Wildman–Crippen LogP) is 4.18. The lowest BCUT2D eigenvalue weighted by atomic mass is 10.3. The molecule has 0 aliphatic carbocycles. The Morgan fingerprint density at radius 2 is 2.00 bits per heavy atom. The second-order valence-electron chi connectivity index (χ2n) is 3.54. The Hall–Kier alpha value is -1.00. The number of anilines is 1. The molecule has 0 saturated carbocycles. The highest BCUT2D eigenvalue weighted by atomic mass is 79.9. The number of hydrogen-bond donors (Lipinski definition) is 1. The van der Waals surface area contributed by atoms with Gasteiger partial charge in [0.25, 0.3) is 0 Å². The highest BCUT2D eigenvalue weighted by molar-refractivity contribution is 9.10. The van der Waals surface area contributed by atoms with E-state index in [1.54, 1.807) is 0 Å². The molecular formula is C13H13BrN2S. The van der Waals surface area contributed by atoms with Crippen LogP contribution >= 0.6 is 27.7 Å². The van der Waals surface area contributed by atoms with Crippen LogP contribution in [0.1, 0.15) is 5.56 Å². The van der Waals surface area contributed by atoms with Crippen molar-refractivity contribution in [1.29, 1.82) is 0 Å². The summed E-state index contributed by atoms with van der Waals surface area (Å²) in [5, 5.41) is 3.05. The Labute approximate surface area is 114 Å². The summed E-state index contributed by atoms with van der Waals surface area (Å²) in [6, 6.07) is 12.5. The van der Waals surface area contributed by atoms with Gasteiger partial charge >= 0.3 is 0 Å². The molecule has 0 unspecified atom stereocenters. The third-order valence-electron chi connectivity index (χ3n) is 2.30. The summed E-state index contributed by atoms with van der Waals surface area (Å²) in [6.07, 6.45) is 1.84. The minimum Gasteiger partial charge on any atom is -0.373 e. The predicted molar refractivity (Wildman–Crippen MR) is 77.5 cm³/mol. The summed E-state index contributed by atoms with van der Waals surface area (Å²) in [5.41, 5.74) is 1.28. The van der Waals surface area contributed by atoms with Gasteiger partial charge in [0.1, 0.15) is 5.82 Å². The molecule has 0 spiro atoms. The van der Waals surface area contributed by atoms with E-state index in [4.69, 9.17) is 0 Å². The summed E-state index contributed by atoms with van der Waals surface area (Å²) in [5.74, 6) is 1.87. The fourth-order valence-electron chi connectivity index (χ4n) is 1.40. The van der Waals surface area contributed by atoms with Gasteiger partial charge in [-0.05, 0) is 42.0 Å². The highest BCUT2D eigenvalue weighted by Gasteiger charge is 1.98. The van der Waals surface area contributed by atoms with Gasteiger partial charge in [0.05, 0.1) is 0 Å². The Kier molecular flexibility index (Phi) is 4.45. The van der Waals surface area contributed by atoms with E-state index >= 15 is 0 Å². The topological polar surface area (TPSA) is 24.9 Å². The molecule has 1 heterocycles. The van der Waals surface area contributed by atoms with Gasteiger partial charge in [-0.15, -0.1) is 11.8 Å². The minimum absolute atomic E-state index is 0.916. The monoisotopic (exact) mass is 308 g/mol. The quantitative estimate of drug-likeness (QED) is 0.858. The van der Waals surface area contributed by atoms with Crippen molar-refractivity contribution in [2.75, 3.05) is 12.4 Å². The van der Waals surface area contributed by atoms with E-state index in [1.807, 2.05) is 31.1 Å². The zero-order chi connectivity index (χ0) is 12.1. The molecule has 88 valence electrons. The maximum Gasteiger partial charge on any atom is 0.125 e. The summed E-state index contributed by atoms with van der Waals surface area (Å²) in [4.78, 5) is 5.47. The maximum atomic E-state index is 4.20. The molecule has 0 atom stereocenters. The summed E-state index contributed by atoms with van der Waals surface area (Å²) in [7, 11) is 1.88. The summed E-state index contributed by atoms with van der Waals surface area (Å²) >= 11 is 5.26. The molecule has 1 N–H and O–H groups in total. The van der Waals surface area contributed by atoms with Crippen LogP contribution in [0, 0.1) is 0 Å². The van der Waals surface area contributed by atoms with Crippen LogP contribution in [0.5, 0.6) is 0 Å². The zero-order valence-electron chi connectivity index (χ0n) is 9.48. The van der Waals surface area contributed by atoms with Gasteiger partial charge in [-0.3, -0.25) is 0 Å². The number of pyridine rings is 1. The molecule has 0 saturated heterocycles. The van der Waals surface area contributed by atoms with Crippen LogP contribution in [0.25, 0.3) is 0 Å². The molecule has 0 aliphatic heterocycles. The minimum atomic E-state index is 0.916. The van der Waals surface area contributed by atoms with E-state index < -0.39 is 0 Å². The van der Waals surface area contributed by atoms with Crippen molar-refractivity contribution in [3.8, 4) is 0 Å². The van der Waals surface area contributed by atoms with Crippen LogP contribution < -0.4 is 5.32 Å². The van der Waals surface area contributed by atoms with E-state index in [9.17, 15) is 0 Å². The molecule has 0 bridgehead atoms. The van der Waals surface area contributed by atoms with Crippen molar-refractivity contribution in [1.82, 2.24) is 4.98 Å². The lowest BCUT2D eigenvalue weighted by Crippen LogP contribution is -1.92. The maximum absolute atomic E-state index is 4.20. The average molecular weight is 309 g/mol. The summed E-state index contributed by atoms with van der Waals surface area (Å²) < 4.78 is 1.11. The largest absolute Gasteiger partial charge is 0.373 e. The highest BCUT2D eigenvalue weighted by Crippen LogP contribution is 2.24. The molecule has 0 radical (unpaired) electrons. The number of thioether (sulfide) groups is 1. The van der Waals surface area contributed by atoms with Crippen molar-refractivity contribution in [2.24, 2.45) is 0 Å². The fraction of sp³-hybridized carbons (Fsp3) is 0.154. The van der Waals surface area contributed by atoms with E-state index in [0.717, 1.165) is 16.0 Å². The lowest BCUT2D eigenvalue weighted by molar-refractivity contribution is 1.24. The summed E-state index contributed by atoms with van der Waals surface area (Å²) in [6.45, 7) is 0. The van der Waals surface area contributed by atoms with Crippen LogP contribution in [0.15, 0.2) is 52.0 Å². The molecule has 2 nitrogen and oxygen atoms in total. The number of rotatable bonds is 4. The van der Waals surface area contributed by atoms with Crippen LogP contribution in [-0.2, 0) is 5.75 Å². The normalized spacial score (nSPS) is 10.2. The van der Waals surface area contributed by atoms with Crippen molar-refractivity contribution < 1.29 is 0 Å². The third kappa shape index (κ3) is 3.75. The number of nitrogens with one attached hydrogen (secondary N) is 1. The molecular weight excluding hydrogens is 296 g/mol. The van der Waals surface area contributed by atoms with E-state index in [0.29, 0.717) is 0 Å². The first-order valence-corrected chi connectivity index (χ1v) is 7.07. The van der Waals surface area contributed by atoms with Crippen molar-refractivity contribution in [3.63, 3.8) is 0 Å². The molecule has 0 fully saturated rings. The first-order valence-electron chi connectivity index (χ1n) is 5.29. The smallest absolute Gasteiger partial charge is 0.125 e. The first kappa shape index (κ1) is 12.5. The van der Waals surface area contributed by atoms with Crippen LogP contribution in [-0.4, -0.2) is 12.0 Å². The van der Waals surface area contributed by atoms with Gasteiger partial charge in [0.15, 0.2) is 0 Å². The molecule has 0 aliphatic rings. The van der Waals surface area contributed by atoms with Crippen molar-refractivity contribution in [3.05, 3.63) is 52.6 Å². The van der Waals surface area contributed by atoms with Gasteiger partial charge in [-0.25, -0.2) is 4.98 Å². The second-order valence-corrected chi connectivity index (χ2v) is 5.51. The average Bonchev–Trinajstić information content (AvgIpc) is 2.38. The molecule has 2 rings (SSSR count). The van der Waals surface area contributed by atoms with Gasteiger partial charge in [0.2, 0.25) is 0 Å². The van der Waals surface area contributed by atoms with Gasteiger partial charge in [0, 0.05) is 28.4 Å². The van der Waals surface area contributed by atoms with Crippen LogP contribution in [0.2, 0.25) is 0 Å². The molecule has 4 heteroatoms. The van der Waals surface area contributed by atoms with Crippen molar-refractivity contribution >= 4 is 33.5 Å². The number of nitrogens with zero attached hydrogens (tertiary/aromatic N) is 1. The SMILES string of the molecule is CNc1cc(CSc2ccc(Br)cc2)ccn1. The van der Waals surface area contributed by atoms with Gasteiger partial charge in [-0.1, -0.05) is 15.9 Å². The van der Waals surface area contributed by atoms with Crippen LogP contribution in [0.3, 0.4) is 0 Å². The molecule has 1 aromatic carbocycles.